The standard InChI is InChI=1S/C19H20F2N4S/c1-13(24(2)3)18-22-23-19(25(18)17-10-8-16(21)9-11-17)26-12-14-4-6-15(20)7-5-14/h4-11,13H,12H2,1-3H3/t13-/m1/s1. The third-order valence-corrected chi connectivity index (χ3v) is 5.17. The number of thioether (sulfide) groups is 1. The molecule has 0 unspecified atom stereocenters. The van der Waals surface area contributed by atoms with Crippen LogP contribution in [-0.2, 0) is 5.75 Å². The second-order valence-corrected chi connectivity index (χ2v) is 7.15. The molecule has 3 aromatic rings. The second kappa shape index (κ2) is 7.97. The summed E-state index contributed by atoms with van der Waals surface area (Å²) >= 11 is 1.51. The highest BCUT2D eigenvalue weighted by Gasteiger charge is 2.21. The molecule has 1 heterocycles. The number of rotatable bonds is 6. The van der Waals surface area contributed by atoms with Crippen LogP contribution in [0.3, 0.4) is 0 Å². The molecule has 2 aromatic carbocycles. The van der Waals surface area contributed by atoms with Gasteiger partial charge in [0.05, 0.1) is 6.04 Å². The molecule has 3 rings (SSSR count). The van der Waals surface area contributed by atoms with Crippen molar-refractivity contribution >= 4 is 11.8 Å². The van der Waals surface area contributed by atoms with Crippen molar-refractivity contribution in [2.45, 2.75) is 23.9 Å². The zero-order valence-electron chi connectivity index (χ0n) is 14.9. The predicted molar refractivity (Wildman–Crippen MR) is 99.4 cm³/mol. The summed E-state index contributed by atoms with van der Waals surface area (Å²) in [5.74, 6) is 0.874. The van der Waals surface area contributed by atoms with Crippen LogP contribution in [0.2, 0.25) is 0 Å². The van der Waals surface area contributed by atoms with E-state index >= 15 is 0 Å². The van der Waals surface area contributed by atoms with Gasteiger partial charge in [0.25, 0.3) is 0 Å². The molecule has 26 heavy (non-hydrogen) atoms. The molecule has 7 heteroatoms. The lowest BCUT2D eigenvalue weighted by Gasteiger charge is -2.20. The van der Waals surface area contributed by atoms with Crippen LogP contribution in [0.15, 0.2) is 53.7 Å². The summed E-state index contributed by atoms with van der Waals surface area (Å²) in [7, 11) is 3.94. The van der Waals surface area contributed by atoms with Crippen molar-refractivity contribution in [2.75, 3.05) is 14.1 Å². The summed E-state index contributed by atoms with van der Waals surface area (Å²) < 4.78 is 28.3. The van der Waals surface area contributed by atoms with Crippen molar-refractivity contribution < 1.29 is 8.78 Å². The molecule has 0 fully saturated rings. The van der Waals surface area contributed by atoms with E-state index in [1.165, 1.54) is 36.0 Å². The fourth-order valence-electron chi connectivity index (χ4n) is 2.44. The van der Waals surface area contributed by atoms with Gasteiger partial charge in [-0.3, -0.25) is 9.47 Å². The quantitative estimate of drug-likeness (QED) is 0.597. The topological polar surface area (TPSA) is 34.0 Å². The molecule has 0 N–H and O–H groups in total. The Morgan fingerprint density at radius 1 is 0.962 bits per heavy atom. The van der Waals surface area contributed by atoms with Crippen molar-refractivity contribution in [1.82, 2.24) is 19.7 Å². The van der Waals surface area contributed by atoms with E-state index in [4.69, 9.17) is 0 Å². The fourth-order valence-corrected chi connectivity index (χ4v) is 3.35. The highest BCUT2D eigenvalue weighted by atomic mass is 32.2. The van der Waals surface area contributed by atoms with E-state index in [-0.39, 0.29) is 17.7 Å². The number of benzene rings is 2. The fraction of sp³-hybridized carbons (Fsp3) is 0.263. The smallest absolute Gasteiger partial charge is 0.196 e. The third kappa shape index (κ3) is 4.11. The van der Waals surface area contributed by atoms with Crippen LogP contribution in [0.4, 0.5) is 8.78 Å². The zero-order chi connectivity index (χ0) is 18.7. The van der Waals surface area contributed by atoms with E-state index in [1.54, 1.807) is 24.3 Å². The summed E-state index contributed by atoms with van der Waals surface area (Å²) in [6, 6.07) is 12.7. The van der Waals surface area contributed by atoms with Gasteiger partial charge in [-0.2, -0.15) is 0 Å². The molecule has 0 amide bonds. The average molecular weight is 374 g/mol. The van der Waals surface area contributed by atoms with Gasteiger partial charge in [-0.1, -0.05) is 23.9 Å². The largest absolute Gasteiger partial charge is 0.300 e. The van der Waals surface area contributed by atoms with Crippen LogP contribution >= 0.6 is 11.8 Å². The van der Waals surface area contributed by atoms with Crippen molar-refractivity contribution in [3.05, 3.63) is 71.6 Å². The van der Waals surface area contributed by atoms with Crippen molar-refractivity contribution in [1.29, 1.82) is 0 Å². The minimum absolute atomic E-state index is 0.0349. The van der Waals surface area contributed by atoms with Gasteiger partial charge in [0.15, 0.2) is 11.0 Å². The molecule has 1 atom stereocenters. The van der Waals surface area contributed by atoms with Gasteiger partial charge in [-0.25, -0.2) is 8.78 Å². The van der Waals surface area contributed by atoms with Gasteiger partial charge in [-0.15, -0.1) is 10.2 Å². The van der Waals surface area contributed by atoms with Crippen molar-refractivity contribution in [3.8, 4) is 5.69 Å². The van der Waals surface area contributed by atoms with Crippen LogP contribution in [0, 0.1) is 11.6 Å². The Morgan fingerprint density at radius 2 is 1.54 bits per heavy atom. The molecule has 0 aliphatic carbocycles. The Hall–Kier alpha value is -2.25. The Bertz CT molecular complexity index is 860. The maximum absolute atomic E-state index is 13.3. The van der Waals surface area contributed by atoms with Crippen LogP contribution < -0.4 is 0 Å². The van der Waals surface area contributed by atoms with E-state index < -0.39 is 0 Å². The normalized spacial score (nSPS) is 12.5. The van der Waals surface area contributed by atoms with Gasteiger partial charge in [0.1, 0.15) is 11.6 Å². The van der Waals surface area contributed by atoms with E-state index in [2.05, 4.69) is 10.2 Å². The van der Waals surface area contributed by atoms with Crippen LogP contribution in [0.25, 0.3) is 5.69 Å². The molecule has 4 nitrogen and oxygen atoms in total. The number of aromatic nitrogens is 3. The molecule has 0 spiro atoms. The molecular weight excluding hydrogens is 354 g/mol. The number of hydrogen-bond acceptors (Lipinski definition) is 4. The van der Waals surface area contributed by atoms with Crippen molar-refractivity contribution in [2.24, 2.45) is 0 Å². The highest BCUT2D eigenvalue weighted by molar-refractivity contribution is 7.98. The molecular formula is C19H20F2N4S. The van der Waals surface area contributed by atoms with Gasteiger partial charge in [-0.05, 0) is 63.0 Å². The number of hydrogen-bond donors (Lipinski definition) is 0. The van der Waals surface area contributed by atoms with E-state index in [9.17, 15) is 8.78 Å². The van der Waals surface area contributed by atoms with Gasteiger partial charge < -0.3 is 0 Å². The maximum Gasteiger partial charge on any atom is 0.196 e. The molecule has 0 aliphatic rings. The summed E-state index contributed by atoms with van der Waals surface area (Å²) in [6.07, 6.45) is 0. The van der Waals surface area contributed by atoms with Crippen LogP contribution in [-0.4, -0.2) is 33.8 Å². The highest BCUT2D eigenvalue weighted by Crippen LogP contribution is 2.28. The number of halogens is 2. The summed E-state index contributed by atoms with van der Waals surface area (Å²) in [4.78, 5) is 2.04. The van der Waals surface area contributed by atoms with E-state index in [0.29, 0.717) is 10.9 Å². The third-order valence-electron chi connectivity index (χ3n) is 4.17. The molecule has 0 bridgehead atoms. The van der Waals surface area contributed by atoms with E-state index in [0.717, 1.165) is 17.1 Å². The lowest BCUT2D eigenvalue weighted by atomic mass is 10.2. The SMILES string of the molecule is C[C@H](c1nnc(SCc2ccc(F)cc2)n1-c1ccc(F)cc1)N(C)C. The summed E-state index contributed by atoms with van der Waals surface area (Å²) in [5.41, 5.74) is 1.80. The monoisotopic (exact) mass is 374 g/mol. The van der Waals surface area contributed by atoms with Crippen LogP contribution in [0.5, 0.6) is 0 Å². The zero-order valence-corrected chi connectivity index (χ0v) is 15.7. The number of nitrogens with zero attached hydrogens (tertiary/aromatic N) is 4. The Kier molecular flexibility index (Phi) is 5.68. The van der Waals surface area contributed by atoms with Gasteiger partial charge in [0, 0.05) is 11.4 Å². The summed E-state index contributed by atoms with van der Waals surface area (Å²) in [6.45, 7) is 2.04. The maximum atomic E-state index is 13.3. The summed E-state index contributed by atoms with van der Waals surface area (Å²) in [5, 5.41) is 9.40. The minimum Gasteiger partial charge on any atom is -0.300 e. The lowest BCUT2D eigenvalue weighted by Crippen LogP contribution is -2.20. The van der Waals surface area contributed by atoms with Crippen LogP contribution in [0.1, 0.15) is 24.4 Å². The van der Waals surface area contributed by atoms with Gasteiger partial charge >= 0.3 is 0 Å². The lowest BCUT2D eigenvalue weighted by molar-refractivity contribution is 0.305. The first-order valence-electron chi connectivity index (χ1n) is 8.20. The average Bonchev–Trinajstić information content (AvgIpc) is 3.05. The first kappa shape index (κ1) is 18.5. The Labute approximate surface area is 155 Å². The molecule has 1 aromatic heterocycles. The molecule has 136 valence electrons. The van der Waals surface area contributed by atoms with Gasteiger partial charge in [0.2, 0.25) is 0 Å². The second-order valence-electron chi connectivity index (χ2n) is 6.21. The predicted octanol–water partition coefficient (Wildman–Crippen LogP) is 4.46. The minimum atomic E-state index is -0.287. The Morgan fingerprint density at radius 3 is 2.12 bits per heavy atom. The molecule has 0 radical (unpaired) electrons. The van der Waals surface area contributed by atoms with E-state index in [1.807, 2.05) is 30.5 Å². The Balaban J connectivity index is 1.93. The molecule has 0 aliphatic heterocycles. The molecule has 0 saturated carbocycles. The first-order valence-corrected chi connectivity index (χ1v) is 9.19. The molecule has 0 saturated heterocycles. The van der Waals surface area contributed by atoms with Crippen molar-refractivity contribution in [3.63, 3.8) is 0 Å². The first-order chi connectivity index (χ1) is 12.5.